The average Bonchev–Trinajstić information content (AvgIpc) is 2.91. The molecule has 0 bridgehead atoms. The molecule has 2 fully saturated rings. The van der Waals surface area contributed by atoms with E-state index in [-0.39, 0.29) is 17.7 Å². The van der Waals surface area contributed by atoms with Crippen molar-refractivity contribution >= 4 is 24.0 Å². The Kier molecular flexibility index (Phi) is 8.87. The summed E-state index contributed by atoms with van der Waals surface area (Å²) in [6.07, 6.45) is -6.22. The lowest BCUT2D eigenvalue weighted by molar-refractivity contribution is -0.346. The van der Waals surface area contributed by atoms with E-state index in [0.717, 1.165) is 12.3 Å². The molecular formula is C26H30O13. The monoisotopic (exact) mass is 550 g/mol. The Hall–Kier alpha value is -3.49. The summed E-state index contributed by atoms with van der Waals surface area (Å²) in [4.78, 5) is 36.4. The number of aliphatic hydroxyl groups excluding tert-OH is 3. The van der Waals surface area contributed by atoms with Gasteiger partial charge in [-0.05, 0) is 30.7 Å². The molecule has 13 heteroatoms. The summed E-state index contributed by atoms with van der Waals surface area (Å²) in [5.74, 6) is -3.26. The maximum Gasteiger partial charge on any atom is 0.337 e. The number of phenolic OH excluding ortho intramolecular Hbond substituents is 1. The molecule has 3 heterocycles. The fourth-order valence-electron chi connectivity index (χ4n) is 4.72. The predicted molar refractivity (Wildman–Crippen MR) is 128 cm³/mol. The first-order valence-corrected chi connectivity index (χ1v) is 12.2. The van der Waals surface area contributed by atoms with Gasteiger partial charge in [0.25, 0.3) is 0 Å². The summed E-state index contributed by atoms with van der Waals surface area (Å²) in [6, 6.07) is 6.07. The van der Waals surface area contributed by atoms with Gasteiger partial charge in [-0.1, -0.05) is 12.1 Å². The van der Waals surface area contributed by atoms with Crippen molar-refractivity contribution in [3.8, 4) is 5.75 Å². The number of benzene rings is 1. The van der Waals surface area contributed by atoms with Crippen LogP contribution in [0, 0.1) is 11.8 Å². The topological polar surface area (TPSA) is 188 Å². The molecule has 2 saturated heterocycles. The van der Waals surface area contributed by atoms with Crippen molar-refractivity contribution in [3.63, 3.8) is 0 Å². The molecule has 0 amide bonds. The Balaban J connectivity index is 1.42. The zero-order chi connectivity index (χ0) is 28.3. The van der Waals surface area contributed by atoms with E-state index in [1.807, 2.05) is 0 Å². The van der Waals surface area contributed by atoms with Gasteiger partial charge < -0.3 is 48.8 Å². The van der Waals surface area contributed by atoms with Crippen molar-refractivity contribution in [1.82, 2.24) is 0 Å². The summed E-state index contributed by atoms with van der Waals surface area (Å²) in [6.45, 7) is 1.11. The highest BCUT2D eigenvalue weighted by molar-refractivity contribution is 5.90. The maximum atomic E-state index is 12.2. The standard InChI is InChI=1S/C26H30O13/c1-12-20-15(9-19(29)37-12)16(24(33)34-2)10-36-25(20)39-26-23(32)22(31)21(30)17(38-26)11-35-18(28)8-5-13-3-6-14(27)7-4-13/h3-8,10,12,15,17,20-23,25-27,30-32H,9,11H2,1-2H3/b8-5+/t12?,15?,17-,20?,21+,22+,23-,25+,26+/m1/s1. The first-order valence-electron chi connectivity index (χ1n) is 12.2. The number of phenols is 1. The number of esters is 3. The zero-order valence-corrected chi connectivity index (χ0v) is 21.1. The Morgan fingerprint density at radius 1 is 1.08 bits per heavy atom. The fourth-order valence-corrected chi connectivity index (χ4v) is 4.72. The van der Waals surface area contributed by atoms with Gasteiger partial charge in [-0.2, -0.15) is 0 Å². The molecule has 4 N–H and O–H groups in total. The van der Waals surface area contributed by atoms with Gasteiger partial charge in [-0.3, -0.25) is 4.79 Å². The Labute approximate surface area is 223 Å². The minimum Gasteiger partial charge on any atom is -0.508 e. The molecule has 3 aliphatic rings. The third-order valence-corrected chi connectivity index (χ3v) is 6.81. The second-order valence-electron chi connectivity index (χ2n) is 9.36. The van der Waals surface area contributed by atoms with Crippen molar-refractivity contribution in [2.24, 2.45) is 11.8 Å². The quantitative estimate of drug-likeness (QED) is 0.198. The second kappa shape index (κ2) is 12.1. The van der Waals surface area contributed by atoms with E-state index in [9.17, 15) is 34.8 Å². The summed E-state index contributed by atoms with van der Waals surface area (Å²) in [5.41, 5.74) is 0.750. The first-order chi connectivity index (χ1) is 18.6. The largest absolute Gasteiger partial charge is 0.508 e. The molecule has 39 heavy (non-hydrogen) atoms. The van der Waals surface area contributed by atoms with Gasteiger partial charge in [0, 0.05) is 12.0 Å². The minimum atomic E-state index is -1.72. The van der Waals surface area contributed by atoms with Crippen molar-refractivity contribution in [3.05, 3.63) is 47.7 Å². The molecule has 4 rings (SSSR count). The molecule has 13 nitrogen and oxygen atoms in total. The molecule has 0 saturated carbocycles. The van der Waals surface area contributed by atoms with Crippen LogP contribution in [-0.4, -0.2) is 95.2 Å². The van der Waals surface area contributed by atoms with E-state index in [0.29, 0.717) is 5.56 Å². The molecule has 0 radical (unpaired) electrons. The highest BCUT2D eigenvalue weighted by atomic mass is 16.8. The number of methoxy groups -OCH3 is 1. The van der Waals surface area contributed by atoms with E-state index in [4.69, 9.17) is 28.4 Å². The molecule has 212 valence electrons. The van der Waals surface area contributed by atoms with Crippen LogP contribution in [0.15, 0.2) is 42.2 Å². The molecule has 3 unspecified atom stereocenters. The van der Waals surface area contributed by atoms with Crippen LogP contribution in [-0.2, 0) is 42.8 Å². The lowest BCUT2D eigenvalue weighted by Crippen LogP contribution is -2.61. The zero-order valence-electron chi connectivity index (χ0n) is 21.1. The second-order valence-corrected chi connectivity index (χ2v) is 9.36. The number of carbonyl (C=O) groups excluding carboxylic acids is 3. The van der Waals surface area contributed by atoms with Gasteiger partial charge in [0.05, 0.1) is 31.3 Å². The Morgan fingerprint density at radius 2 is 1.79 bits per heavy atom. The Morgan fingerprint density at radius 3 is 2.49 bits per heavy atom. The number of rotatable bonds is 7. The van der Waals surface area contributed by atoms with Crippen LogP contribution in [0.3, 0.4) is 0 Å². The van der Waals surface area contributed by atoms with Gasteiger partial charge in [-0.25, -0.2) is 9.59 Å². The molecule has 3 aliphatic heterocycles. The first kappa shape index (κ1) is 28.5. The van der Waals surface area contributed by atoms with E-state index < -0.39 is 79.5 Å². The van der Waals surface area contributed by atoms with Gasteiger partial charge in [-0.15, -0.1) is 0 Å². The van der Waals surface area contributed by atoms with E-state index >= 15 is 0 Å². The van der Waals surface area contributed by atoms with Crippen molar-refractivity contribution in [2.45, 2.75) is 56.4 Å². The molecule has 0 aromatic heterocycles. The van der Waals surface area contributed by atoms with Crippen LogP contribution in [0.2, 0.25) is 0 Å². The van der Waals surface area contributed by atoms with Gasteiger partial charge >= 0.3 is 17.9 Å². The van der Waals surface area contributed by atoms with Crippen LogP contribution >= 0.6 is 0 Å². The van der Waals surface area contributed by atoms with Crippen LogP contribution in [0.25, 0.3) is 6.08 Å². The molecule has 0 aliphatic carbocycles. The number of hydrogen-bond donors (Lipinski definition) is 4. The highest BCUT2D eigenvalue weighted by Gasteiger charge is 2.52. The number of aromatic hydroxyl groups is 1. The average molecular weight is 551 g/mol. The normalized spacial score (nSPS) is 34.3. The van der Waals surface area contributed by atoms with Crippen LogP contribution in [0.4, 0.5) is 0 Å². The highest BCUT2D eigenvalue weighted by Crippen LogP contribution is 2.41. The minimum absolute atomic E-state index is 0.0729. The van der Waals surface area contributed by atoms with Crippen LogP contribution < -0.4 is 0 Å². The van der Waals surface area contributed by atoms with E-state index in [1.54, 1.807) is 19.1 Å². The third-order valence-electron chi connectivity index (χ3n) is 6.81. The smallest absolute Gasteiger partial charge is 0.337 e. The van der Waals surface area contributed by atoms with Crippen LogP contribution in [0.1, 0.15) is 18.9 Å². The number of carbonyl (C=O) groups is 3. The fraction of sp³-hybridized carbons (Fsp3) is 0.500. The number of fused-ring (bicyclic) bond motifs is 1. The molecular weight excluding hydrogens is 520 g/mol. The lowest BCUT2D eigenvalue weighted by atomic mass is 9.77. The van der Waals surface area contributed by atoms with Crippen LogP contribution in [0.5, 0.6) is 5.75 Å². The molecule has 1 aromatic carbocycles. The summed E-state index contributed by atoms with van der Waals surface area (Å²) < 4.78 is 32.3. The predicted octanol–water partition coefficient (Wildman–Crippen LogP) is -0.246. The number of aliphatic hydroxyl groups is 3. The van der Waals surface area contributed by atoms with Crippen molar-refractivity contribution in [2.75, 3.05) is 13.7 Å². The molecule has 9 atom stereocenters. The van der Waals surface area contributed by atoms with Gasteiger partial charge in [0.1, 0.15) is 42.9 Å². The maximum absolute atomic E-state index is 12.2. The lowest BCUT2D eigenvalue weighted by Gasteiger charge is -2.45. The van der Waals surface area contributed by atoms with E-state index in [2.05, 4.69) is 0 Å². The van der Waals surface area contributed by atoms with Crippen molar-refractivity contribution in [1.29, 1.82) is 0 Å². The van der Waals surface area contributed by atoms with Gasteiger partial charge in [0.2, 0.25) is 6.29 Å². The number of ether oxygens (including phenoxy) is 6. The summed E-state index contributed by atoms with van der Waals surface area (Å²) in [7, 11) is 1.19. The van der Waals surface area contributed by atoms with E-state index in [1.165, 1.54) is 25.3 Å². The summed E-state index contributed by atoms with van der Waals surface area (Å²) in [5, 5.41) is 40.6. The van der Waals surface area contributed by atoms with Gasteiger partial charge in [0.15, 0.2) is 6.29 Å². The molecule has 1 aromatic rings. The Bertz CT molecular complexity index is 1110. The molecule has 0 spiro atoms. The number of hydrogen-bond acceptors (Lipinski definition) is 13. The van der Waals surface area contributed by atoms with Crippen molar-refractivity contribution < 1.29 is 63.2 Å². The SMILES string of the molecule is COC(=O)C1=CO[C@@H](O[C@@H]2O[C@H](COC(=O)/C=C/c3ccc(O)cc3)[C@H](O)[C@H](O)[C@H]2O)C2C(C)OC(=O)CC12. The summed E-state index contributed by atoms with van der Waals surface area (Å²) >= 11 is 0. The number of cyclic esters (lactones) is 1. The third kappa shape index (κ3) is 6.40.